The van der Waals surface area contributed by atoms with E-state index in [1.54, 1.807) is 0 Å². The van der Waals surface area contributed by atoms with Gasteiger partial charge in [0.25, 0.3) is 0 Å². The zero-order chi connectivity index (χ0) is 13.9. The Kier molecular flexibility index (Phi) is 3.08. The van der Waals surface area contributed by atoms with Crippen molar-refractivity contribution in [3.63, 3.8) is 0 Å². The predicted molar refractivity (Wildman–Crippen MR) is 74.3 cm³/mol. The molecule has 2 fully saturated rings. The number of nitrogens with zero attached hydrogens (tertiary/aromatic N) is 1. The fourth-order valence-electron chi connectivity index (χ4n) is 3.01. The first kappa shape index (κ1) is 13.9. The standard InChI is InChI=1S/C14H23NO2S/c1-13(2,3)8(7-18)6-15-11(16)9-10(12(15)17)14(9,4)5/h8-10,18H,6-7H2,1-5H3. The molecule has 1 saturated heterocycles. The highest BCUT2D eigenvalue weighted by atomic mass is 32.1. The van der Waals surface area contributed by atoms with E-state index in [1.807, 2.05) is 13.8 Å². The molecule has 102 valence electrons. The Bertz CT molecular complexity index is 373. The molecule has 0 N–H and O–H groups in total. The molecule has 3 unspecified atom stereocenters. The third-order valence-electron chi connectivity index (χ3n) is 4.74. The molecule has 0 spiro atoms. The maximum Gasteiger partial charge on any atom is 0.233 e. The summed E-state index contributed by atoms with van der Waals surface area (Å²) < 4.78 is 0. The van der Waals surface area contributed by atoms with Gasteiger partial charge < -0.3 is 0 Å². The molecule has 0 aromatic rings. The summed E-state index contributed by atoms with van der Waals surface area (Å²) in [6.45, 7) is 10.9. The van der Waals surface area contributed by atoms with Crippen molar-refractivity contribution in [2.75, 3.05) is 12.3 Å². The Morgan fingerprint density at radius 1 is 1.22 bits per heavy atom. The number of carbonyl (C=O) groups excluding carboxylic acids is 2. The zero-order valence-corrected chi connectivity index (χ0v) is 12.8. The van der Waals surface area contributed by atoms with E-state index < -0.39 is 0 Å². The van der Waals surface area contributed by atoms with Gasteiger partial charge in [-0.05, 0) is 22.5 Å². The number of fused-ring (bicyclic) bond motifs is 1. The van der Waals surface area contributed by atoms with Crippen LogP contribution in [0.25, 0.3) is 0 Å². The SMILES string of the molecule is CC(C)(C)C(CS)CN1C(=O)C2C(C1=O)C2(C)C. The Morgan fingerprint density at radius 3 is 2.00 bits per heavy atom. The van der Waals surface area contributed by atoms with Gasteiger partial charge in [0, 0.05) is 6.54 Å². The van der Waals surface area contributed by atoms with Gasteiger partial charge in [-0.1, -0.05) is 34.6 Å². The number of carbonyl (C=O) groups is 2. The summed E-state index contributed by atoms with van der Waals surface area (Å²) in [6, 6.07) is 0. The minimum absolute atomic E-state index is 0.0334. The summed E-state index contributed by atoms with van der Waals surface area (Å²) in [5.41, 5.74) is -0.0481. The molecule has 1 saturated carbocycles. The lowest BCUT2D eigenvalue weighted by Crippen LogP contribution is -2.43. The van der Waals surface area contributed by atoms with E-state index in [0.717, 1.165) is 0 Å². The van der Waals surface area contributed by atoms with Crippen LogP contribution in [0.1, 0.15) is 34.6 Å². The van der Waals surface area contributed by atoms with E-state index in [0.29, 0.717) is 12.3 Å². The summed E-state index contributed by atoms with van der Waals surface area (Å²) in [5, 5.41) is 0. The van der Waals surface area contributed by atoms with E-state index in [9.17, 15) is 9.59 Å². The molecule has 0 aromatic heterocycles. The predicted octanol–water partition coefficient (Wildman–Crippen LogP) is 2.22. The van der Waals surface area contributed by atoms with Crippen molar-refractivity contribution in [1.29, 1.82) is 0 Å². The first-order valence-corrected chi connectivity index (χ1v) is 7.21. The van der Waals surface area contributed by atoms with Crippen molar-refractivity contribution >= 4 is 24.4 Å². The van der Waals surface area contributed by atoms with Gasteiger partial charge in [-0.15, -0.1) is 0 Å². The Hall–Kier alpha value is -0.510. The molecule has 2 amide bonds. The van der Waals surface area contributed by atoms with Crippen LogP contribution in [0, 0.1) is 28.6 Å². The quantitative estimate of drug-likeness (QED) is 0.630. The van der Waals surface area contributed by atoms with Crippen molar-refractivity contribution in [3.8, 4) is 0 Å². The van der Waals surface area contributed by atoms with Crippen LogP contribution in [-0.4, -0.2) is 29.0 Å². The summed E-state index contributed by atoms with van der Waals surface area (Å²) in [5.74, 6) is 0.877. The van der Waals surface area contributed by atoms with Crippen LogP contribution in [0.3, 0.4) is 0 Å². The summed E-state index contributed by atoms with van der Waals surface area (Å²) in [4.78, 5) is 25.9. The van der Waals surface area contributed by atoms with Crippen LogP contribution in [0.2, 0.25) is 0 Å². The minimum atomic E-state index is -0.108. The van der Waals surface area contributed by atoms with E-state index in [2.05, 4.69) is 33.4 Å². The summed E-state index contributed by atoms with van der Waals surface area (Å²) in [7, 11) is 0. The molecule has 1 aliphatic carbocycles. The normalized spacial score (nSPS) is 31.6. The second kappa shape index (κ2) is 3.99. The highest BCUT2D eigenvalue weighted by Gasteiger charge is 2.72. The van der Waals surface area contributed by atoms with Crippen LogP contribution >= 0.6 is 12.6 Å². The maximum absolute atomic E-state index is 12.2. The average Bonchev–Trinajstić information content (AvgIpc) is 2.68. The molecule has 4 heteroatoms. The van der Waals surface area contributed by atoms with Gasteiger partial charge in [-0.25, -0.2) is 0 Å². The van der Waals surface area contributed by atoms with Gasteiger partial charge in [-0.3, -0.25) is 14.5 Å². The zero-order valence-electron chi connectivity index (χ0n) is 11.9. The van der Waals surface area contributed by atoms with Gasteiger partial charge in [0.15, 0.2) is 0 Å². The topological polar surface area (TPSA) is 37.4 Å². The number of thiol groups is 1. The van der Waals surface area contributed by atoms with Crippen LogP contribution < -0.4 is 0 Å². The van der Waals surface area contributed by atoms with Crippen LogP contribution in [0.5, 0.6) is 0 Å². The molecule has 0 bridgehead atoms. The minimum Gasteiger partial charge on any atom is -0.282 e. The number of hydrogen-bond donors (Lipinski definition) is 1. The van der Waals surface area contributed by atoms with Gasteiger partial charge >= 0.3 is 0 Å². The van der Waals surface area contributed by atoms with Crippen LogP contribution in [0.4, 0.5) is 0 Å². The molecule has 1 heterocycles. The van der Waals surface area contributed by atoms with Crippen LogP contribution in [-0.2, 0) is 9.59 Å². The molecule has 2 aliphatic rings. The average molecular weight is 269 g/mol. The lowest BCUT2D eigenvalue weighted by atomic mass is 9.81. The number of imide groups is 1. The molecule has 1 aliphatic heterocycles. The maximum atomic E-state index is 12.2. The highest BCUT2D eigenvalue weighted by Crippen LogP contribution is 2.63. The number of amides is 2. The Labute approximate surface area is 115 Å². The smallest absolute Gasteiger partial charge is 0.233 e. The first-order chi connectivity index (χ1) is 8.12. The third kappa shape index (κ3) is 1.89. The Balaban J connectivity index is 2.09. The lowest BCUT2D eigenvalue weighted by Gasteiger charge is -2.33. The Morgan fingerprint density at radius 2 is 1.67 bits per heavy atom. The van der Waals surface area contributed by atoms with Gasteiger partial charge in [-0.2, -0.15) is 12.6 Å². The van der Waals surface area contributed by atoms with E-state index >= 15 is 0 Å². The van der Waals surface area contributed by atoms with Gasteiger partial charge in [0.05, 0.1) is 11.8 Å². The molecule has 18 heavy (non-hydrogen) atoms. The number of hydrogen-bond acceptors (Lipinski definition) is 3. The monoisotopic (exact) mass is 269 g/mol. The van der Waals surface area contributed by atoms with E-state index in [1.165, 1.54) is 4.90 Å². The fraction of sp³-hybridized carbons (Fsp3) is 0.857. The van der Waals surface area contributed by atoms with Crippen molar-refractivity contribution < 1.29 is 9.59 Å². The van der Waals surface area contributed by atoms with Crippen molar-refractivity contribution in [1.82, 2.24) is 4.90 Å². The first-order valence-electron chi connectivity index (χ1n) is 6.58. The van der Waals surface area contributed by atoms with Crippen molar-refractivity contribution in [2.24, 2.45) is 28.6 Å². The number of likely N-dealkylation sites (tertiary alicyclic amines) is 1. The van der Waals surface area contributed by atoms with E-state index in [-0.39, 0.29) is 40.4 Å². The second-order valence-electron chi connectivity index (χ2n) is 7.31. The molecular weight excluding hydrogens is 246 g/mol. The van der Waals surface area contributed by atoms with E-state index in [4.69, 9.17) is 0 Å². The van der Waals surface area contributed by atoms with Gasteiger partial charge in [0.1, 0.15) is 0 Å². The molecule has 2 rings (SSSR count). The van der Waals surface area contributed by atoms with Crippen molar-refractivity contribution in [2.45, 2.75) is 34.6 Å². The second-order valence-corrected chi connectivity index (χ2v) is 7.67. The third-order valence-corrected chi connectivity index (χ3v) is 5.18. The lowest BCUT2D eigenvalue weighted by molar-refractivity contribution is -0.144. The molecule has 0 aromatic carbocycles. The summed E-state index contributed by atoms with van der Waals surface area (Å²) in [6.07, 6.45) is 0. The largest absolute Gasteiger partial charge is 0.282 e. The van der Waals surface area contributed by atoms with Crippen LogP contribution in [0.15, 0.2) is 0 Å². The molecule has 3 atom stereocenters. The number of rotatable bonds is 3. The van der Waals surface area contributed by atoms with Gasteiger partial charge in [0.2, 0.25) is 11.8 Å². The fourth-order valence-corrected chi connectivity index (χ4v) is 3.67. The molecule has 3 nitrogen and oxygen atoms in total. The highest BCUT2D eigenvalue weighted by molar-refractivity contribution is 7.80. The number of piperidine rings is 1. The molecular formula is C14H23NO2S. The van der Waals surface area contributed by atoms with Crippen molar-refractivity contribution in [3.05, 3.63) is 0 Å². The molecule has 0 radical (unpaired) electrons. The summed E-state index contributed by atoms with van der Waals surface area (Å²) >= 11 is 4.36.